The summed E-state index contributed by atoms with van der Waals surface area (Å²) in [5.41, 5.74) is 3.12. The van der Waals surface area contributed by atoms with Crippen molar-refractivity contribution in [2.75, 3.05) is 0 Å². The normalized spacial score (nSPS) is 34.9. The molecule has 86 valence electrons. The fraction of sp³-hybridized carbons (Fsp3) is 0.733. The first-order valence-corrected chi connectivity index (χ1v) is 6.06. The van der Waals surface area contributed by atoms with E-state index in [4.69, 9.17) is 0 Å². The van der Waals surface area contributed by atoms with Gasteiger partial charge in [0.1, 0.15) is 0 Å². The predicted molar refractivity (Wildman–Crippen MR) is 68.8 cm³/mol. The molecule has 1 rings (SSSR count). The number of rotatable bonds is 2. The van der Waals surface area contributed by atoms with Crippen LogP contribution in [0.15, 0.2) is 24.3 Å². The van der Waals surface area contributed by atoms with Crippen LogP contribution in [0, 0.1) is 23.2 Å². The Morgan fingerprint density at radius 1 is 1.13 bits per heavy atom. The third-order valence-corrected chi connectivity index (χ3v) is 4.48. The fourth-order valence-electron chi connectivity index (χ4n) is 2.96. The molecule has 0 N–H and O–H groups in total. The van der Waals surface area contributed by atoms with Crippen LogP contribution in [0.25, 0.3) is 0 Å². The molecule has 0 saturated heterocycles. The van der Waals surface area contributed by atoms with E-state index < -0.39 is 0 Å². The largest absolute Gasteiger partial charge is 0.0999 e. The van der Waals surface area contributed by atoms with Gasteiger partial charge in [0.2, 0.25) is 0 Å². The Morgan fingerprint density at radius 2 is 1.67 bits per heavy atom. The summed E-state index contributed by atoms with van der Waals surface area (Å²) in [5, 5.41) is 0. The number of hydrogen-bond donors (Lipinski definition) is 0. The number of hydrogen-bond acceptors (Lipinski definition) is 0. The highest BCUT2D eigenvalue weighted by molar-refractivity contribution is 5.10. The van der Waals surface area contributed by atoms with E-state index in [1.54, 1.807) is 0 Å². The molecule has 0 bridgehead atoms. The molecule has 0 aromatic rings. The minimum Gasteiger partial charge on any atom is -0.0999 e. The van der Waals surface area contributed by atoms with E-state index in [1.165, 1.54) is 24.0 Å². The number of allylic oxidation sites excluding steroid dienone is 2. The van der Waals surface area contributed by atoms with Gasteiger partial charge < -0.3 is 0 Å². The van der Waals surface area contributed by atoms with E-state index in [1.807, 2.05) is 0 Å². The minimum absolute atomic E-state index is 0.422. The van der Waals surface area contributed by atoms with Gasteiger partial charge in [-0.1, -0.05) is 45.1 Å². The predicted octanol–water partition coefficient (Wildman–Crippen LogP) is 4.83. The van der Waals surface area contributed by atoms with Gasteiger partial charge in [-0.05, 0) is 49.9 Å². The van der Waals surface area contributed by atoms with E-state index in [2.05, 4.69) is 47.8 Å². The molecule has 1 aliphatic rings. The summed E-state index contributed by atoms with van der Waals surface area (Å²) in [7, 11) is 0. The Balaban J connectivity index is 2.91. The molecular weight excluding hydrogens is 180 g/mol. The minimum atomic E-state index is 0.422. The van der Waals surface area contributed by atoms with Gasteiger partial charge in [0, 0.05) is 0 Å². The van der Waals surface area contributed by atoms with Crippen LogP contribution in [-0.4, -0.2) is 0 Å². The first-order chi connectivity index (χ1) is 6.75. The van der Waals surface area contributed by atoms with Crippen LogP contribution in [0.2, 0.25) is 0 Å². The van der Waals surface area contributed by atoms with E-state index >= 15 is 0 Å². The van der Waals surface area contributed by atoms with E-state index in [9.17, 15) is 0 Å². The molecule has 0 heteroatoms. The summed E-state index contributed by atoms with van der Waals surface area (Å²) in [4.78, 5) is 0. The highest BCUT2D eigenvalue weighted by Gasteiger charge is 2.40. The quantitative estimate of drug-likeness (QED) is 0.568. The van der Waals surface area contributed by atoms with E-state index in [0.29, 0.717) is 17.3 Å². The Labute approximate surface area is 95.5 Å². The fourth-order valence-corrected chi connectivity index (χ4v) is 2.96. The zero-order valence-corrected chi connectivity index (χ0v) is 11.1. The lowest BCUT2D eigenvalue weighted by molar-refractivity contribution is 0.0785. The molecule has 0 radical (unpaired) electrons. The van der Waals surface area contributed by atoms with Crippen molar-refractivity contribution in [2.45, 2.75) is 47.5 Å². The molecule has 1 aliphatic carbocycles. The zero-order valence-electron chi connectivity index (χ0n) is 11.1. The molecule has 0 nitrogen and oxygen atoms in total. The van der Waals surface area contributed by atoms with Crippen LogP contribution in [0.4, 0.5) is 0 Å². The first kappa shape index (κ1) is 12.5. The molecule has 3 atom stereocenters. The van der Waals surface area contributed by atoms with Crippen molar-refractivity contribution in [1.29, 1.82) is 0 Å². The van der Waals surface area contributed by atoms with Gasteiger partial charge in [0.15, 0.2) is 0 Å². The molecule has 1 fully saturated rings. The average molecular weight is 206 g/mol. The van der Waals surface area contributed by atoms with Crippen molar-refractivity contribution in [3.8, 4) is 0 Å². The van der Waals surface area contributed by atoms with Gasteiger partial charge in [-0.15, -0.1) is 0 Å². The smallest absolute Gasteiger partial charge is 0.0172 e. The lowest BCUT2D eigenvalue weighted by Gasteiger charge is -2.46. The molecule has 0 unspecified atom stereocenters. The summed E-state index contributed by atoms with van der Waals surface area (Å²) in [6, 6.07) is 0. The molecule has 0 spiro atoms. The Kier molecular flexibility index (Phi) is 3.48. The highest BCUT2D eigenvalue weighted by Crippen LogP contribution is 2.49. The lowest BCUT2D eigenvalue weighted by Crippen LogP contribution is -2.37. The molecule has 0 aromatic carbocycles. The van der Waals surface area contributed by atoms with Crippen molar-refractivity contribution in [3.05, 3.63) is 24.3 Å². The molecule has 15 heavy (non-hydrogen) atoms. The average Bonchev–Trinajstić information content (AvgIpc) is 2.08. The van der Waals surface area contributed by atoms with E-state index in [0.717, 1.165) is 5.92 Å². The third-order valence-electron chi connectivity index (χ3n) is 4.48. The maximum Gasteiger partial charge on any atom is -0.0172 e. The second kappa shape index (κ2) is 4.15. The molecule has 0 aliphatic heterocycles. The molecule has 0 heterocycles. The first-order valence-electron chi connectivity index (χ1n) is 6.06. The summed E-state index contributed by atoms with van der Waals surface area (Å²) in [6.07, 6.45) is 2.54. The van der Waals surface area contributed by atoms with Gasteiger partial charge in [0.05, 0.1) is 0 Å². The molecule has 1 saturated carbocycles. The maximum absolute atomic E-state index is 4.16. The van der Waals surface area contributed by atoms with Crippen molar-refractivity contribution < 1.29 is 0 Å². The van der Waals surface area contributed by atoms with Crippen LogP contribution < -0.4 is 0 Å². The molecule has 0 amide bonds. The maximum atomic E-state index is 4.16. The van der Waals surface area contributed by atoms with Crippen molar-refractivity contribution in [3.63, 3.8) is 0 Å². The van der Waals surface area contributed by atoms with Gasteiger partial charge in [-0.2, -0.15) is 0 Å². The van der Waals surface area contributed by atoms with Gasteiger partial charge in [-0.25, -0.2) is 0 Å². The molecule has 0 aromatic heterocycles. The Morgan fingerprint density at radius 3 is 2.07 bits per heavy atom. The van der Waals surface area contributed by atoms with Gasteiger partial charge >= 0.3 is 0 Å². The highest BCUT2D eigenvalue weighted by atomic mass is 14.4. The summed E-state index contributed by atoms with van der Waals surface area (Å²) in [6.45, 7) is 19.8. The van der Waals surface area contributed by atoms with E-state index in [-0.39, 0.29) is 0 Å². The van der Waals surface area contributed by atoms with Crippen molar-refractivity contribution in [2.24, 2.45) is 23.2 Å². The monoisotopic (exact) mass is 206 g/mol. The van der Waals surface area contributed by atoms with Crippen molar-refractivity contribution in [1.82, 2.24) is 0 Å². The Bertz CT molecular complexity index is 270. The van der Waals surface area contributed by atoms with Crippen LogP contribution in [0.3, 0.4) is 0 Å². The third kappa shape index (κ3) is 2.53. The van der Waals surface area contributed by atoms with Crippen LogP contribution >= 0.6 is 0 Å². The summed E-state index contributed by atoms with van der Waals surface area (Å²) < 4.78 is 0. The SMILES string of the molecule is C=C(C)[C@H]1C[C@H](C(=C)C)[C@H](C)C(C)(C)C1. The van der Waals surface area contributed by atoms with Gasteiger partial charge in [0.25, 0.3) is 0 Å². The van der Waals surface area contributed by atoms with Crippen LogP contribution in [-0.2, 0) is 0 Å². The van der Waals surface area contributed by atoms with Gasteiger partial charge in [-0.3, -0.25) is 0 Å². The summed E-state index contributed by atoms with van der Waals surface area (Å²) in [5.74, 6) is 2.11. The second-order valence-corrected chi connectivity index (χ2v) is 6.21. The topological polar surface area (TPSA) is 0 Å². The van der Waals surface area contributed by atoms with Crippen LogP contribution in [0.5, 0.6) is 0 Å². The standard InChI is InChI=1S/C15H26/c1-10(2)13-8-14(11(3)4)12(5)15(6,7)9-13/h12-14H,1,3,8-9H2,2,4-7H3/t12-,13-,14+/m0/s1. The second-order valence-electron chi connectivity index (χ2n) is 6.21. The summed E-state index contributed by atoms with van der Waals surface area (Å²) >= 11 is 0. The lowest BCUT2D eigenvalue weighted by atomic mass is 9.58. The van der Waals surface area contributed by atoms with Crippen molar-refractivity contribution >= 4 is 0 Å². The Hall–Kier alpha value is -0.520. The zero-order chi connectivity index (χ0) is 11.8. The molecular formula is C15H26. The van der Waals surface area contributed by atoms with Crippen LogP contribution in [0.1, 0.15) is 47.5 Å².